The van der Waals surface area contributed by atoms with Crippen molar-refractivity contribution in [2.24, 2.45) is 12.8 Å². The maximum atomic E-state index is 5.57. The topological polar surface area (TPSA) is 53.1 Å². The Labute approximate surface area is 94.7 Å². The fourth-order valence-electron chi connectivity index (χ4n) is 1.71. The van der Waals surface area contributed by atoms with E-state index in [1.165, 1.54) is 0 Å². The molecule has 0 amide bonds. The molecule has 4 nitrogen and oxygen atoms in total. The van der Waals surface area contributed by atoms with Crippen LogP contribution in [-0.4, -0.2) is 16.7 Å². The molecule has 2 aromatic rings. The number of nitrogens with two attached hydrogens (primary N) is 1. The molecular weight excluding hydrogens is 202 g/mol. The van der Waals surface area contributed by atoms with Crippen molar-refractivity contribution >= 4 is 0 Å². The Bertz CT molecular complexity index is 491. The molecule has 0 bridgehead atoms. The standard InChI is InChI=1S/C12H15N3O/c1-15-8-9(7-13)14-12(15)10-5-3-4-6-11(10)16-2/h3-6,8H,7,13H2,1-2H3. The Hall–Kier alpha value is -1.81. The van der Waals surface area contributed by atoms with Crippen LogP contribution >= 0.6 is 0 Å². The van der Waals surface area contributed by atoms with Gasteiger partial charge in [-0.05, 0) is 12.1 Å². The minimum absolute atomic E-state index is 0.447. The molecule has 0 saturated heterocycles. The van der Waals surface area contributed by atoms with Crippen LogP contribution in [-0.2, 0) is 13.6 Å². The molecule has 0 spiro atoms. The average molecular weight is 217 g/mol. The summed E-state index contributed by atoms with van der Waals surface area (Å²) in [6.07, 6.45) is 1.93. The summed E-state index contributed by atoms with van der Waals surface area (Å²) in [6.45, 7) is 0.447. The molecule has 0 fully saturated rings. The predicted octanol–water partition coefficient (Wildman–Crippen LogP) is 1.55. The predicted molar refractivity (Wildman–Crippen MR) is 63.1 cm³/mol. The summed E-state index contributed by atoms with van der Waals surface area (Å²) in [5.74, 6) is 1.69. The molecule has 84 valence electrons. The second kappa shape index (κ2) is 4.37. The number of imidazole rings is 1. The highest BCUT2D eigenvalue weighted by molar-refractivity contribution is 5.64. The minimum atomic E-state index is 0.447. The molecule has 0 atom stereocenters. The van der Waals surface area contributed by atoms with E-state index in [4.69, 9.17) is 10.5 Å². The normalized spacial score (nSPS) is 10.4. The van der Waals surface area contributed by atoms with Crippen LogP contribution in [0.1, 0.15) is 5.69 Å². The molecule has 0 saturated carbocycles. The van der Waals surface area contributed by atoms with E-state index in [0.717, 1.165) is 22.8 Å². The Morgan fingerprint density at radius 3 is 2.75 bits per heavy atom. The summed E-state index contributed by atoms with van der Waals surface area (Å²) in [7, 11) is 3.61. The molecule has 0 aliphatic heterocycles. The first-order chi connectivity index (χ1) is 7.76. The van der Waals surface area contributed by atoms with Gasteiger partial charge in [0, 0.05) is 19.8 Å². The van der Waals surface area contributed by atoms with Gasteiger partial charge >= 0.3 is 0 Å². The van der Waals surface area contributed by atoms with Gasteiger partial charge in [-0.2, -0.15) is 0 Å². The Morgan fingerprint density at radius 2 is 2.12 bits per heavy atom. The van der Waals surface area contributed by atoms with E-state index in [1.807, 2.05) is 42.1 Å². The van der Waals surface area contributed by atoms with Crippen molar-refractivity contribution in [3.8, 4) is 17.1 Å². The zero-order chi connectivity index (χ0) is 11.5. The highest BCUT2D eigenvalue weighted by atomic mass is 16.5. The number of aryl methyl sites for hydroxylation is 1. The molecule has 4 heteroatoms. The fourth-order valence-corrected chi connectivity index (χ4v) is 1.71. The number of aromatic nitrogens is 2. The van der Waals surface area contributed by atoms with Crippen LogP contribution in [0, 0.1) is 0 Å². The fraction of sp³-hybridized carbons (Fsp3) is 0.250. The number of benzene rings is 1. The lowest BCUT2D eigenvalue weighted by molar-refractivity contribution is 0.416. The number of nitrogens with zero attached hydrogens (tertiary/aromatic N) is 2. The van der Waals surface area contributed by atoms with Gasteiger partial charge in [0.15, 0.2) is 0 Å². The molecule has 0 aliphatic rings. The minimum Gasteiger partial charge on any atom is -0.496 e. The lowest BCUT2D eigenvalue weighted by Crippen LogP contribution is -1.96. The molecule has 1 aromatic heterocycles. The van der Waals surface area contributed by atoms with Crippen molar-refractivity contribution in [1.29, 1.82) is 0 Å². The van der Waals surface area contributed by atoms with E-state index in [9.17, 15) is 0 Å². The third-order valence-corrected chi connectivity index (χ3v) is 2.48. The van der Waals surface area contributed by atoms with Gasteiger partial charge in [0.2, 0.25) is 0 Å². The van der Waals surface area contributed by atoms with Gasteiger partial charge in [-0.3, -0.25) is 0 Å². The summed E-state index contributed by atoms with van der Waals surface area (Å²) >= 11 is 0. The van der Waals surface area contributed by atoms with Gasteiger partial charge in [0.05, 0.1) is 18.4 Å². The van der Waals surface area contributed by atoms with E-state index < -0.39 is 0 Å². The molecule has 2 rings (SSSR count). The Morgan fingerprint density at radius 1 is 1.38 bits per heavy atom. The van der Waals surface area contributed by atoms with E-state index in [1.54, 1.807) is 7.11 Å². The van der Waals surface area contributed by atoms with Gasteiger partial charge in [-0.15, -0.1) is 0 Å². The number of para-hydroxylation sites is 1. The van der Waals surface area contributed by atoms with Gasteiger partial charge in [0.1, 0.15) is 11.6 Å². The number of methoxy groups -OCH3 is 1. The summed E-state index contributed by atoms with van der Waals surface area (Å²) < 4.78 is 7.27. The van der Waals surface area contributed by atoms with Crippen LogP contribution in [0.15, 0.2) is 30.5 Å². The van der Waals surface area contributed by atoms with Crippen LogP contribution in [0.25, 0.3) is 11.4 Å². The SMILES string of the molecule is COc1ccccc1-c1nc(CN)cn1C. The summed E-state index contributed by atoms with van der Waals surface area (Å²) in [5, 5.41) is 0. The van der Waals surface area contributed by atoms with Crippen molar-refractivity contribution in [1.82, 2.24) is 9.55 Å². The van der Waals surface area contributed by atoms with Gasteiger partial charge in [-0.25, -0.2) is 4.98 Å². The average Bonchev–Trinajstić information content (AvgIpc) is 2.70. The first-order valence-corrected chi connectivity index (χ1v) is 5.12. The van der Waals surface area contributed by atoms with Crippen LogP contribution < -0.4 is 10.5 Å². The highest BCUT2D eigenvalue weighted by Crippen LogP contribution is 2.28. The molecule has 16 heavy (non-hydrogen) atoms. The number of hydrogen-bond donors (Lipinski definition) is 1. The van der Waals surface area contributed by atoms with Crippen molar-refractivity contribution in [2.75, 3.05) is 7.11 Å². The van der Waals surface area contributed by atoms with E-state index >= 15 is 0 Å². The zero-order valence-electron chi connectivity index (χ0n) is 9.47. The third-order valence-electron chi connectivity index (χ3n) is 2.48. The smallest absolute Gasteiger partial charge is 0.143 e. The molecule has 0 unspecified atom stereocenters. The largest absolute Gasteiger partial charge is 0.496 e. The molecular formula is C12H15N3O. The molecule has 0 radical (unpaired) electrons. The highest BCUT2D eigenvalue weighted by Gasteiger charge is 2.11. The molecule has 0 aliphatic carbocycles. The number of hydrogen-bond acceptors (Lipinski definition) is 3. The van der Waals surface area contributed by atoms with Gasteiger partial charge in [0.25, 0.3) is 0 Å². The first-order valence-electron chi connectivity index (χ1n) is 5.12. The lowest BCUT2D eigenvalue weighted by Gasteiger charge is -2.07. The summed E-state index contributed by atoms with van der Waals surface area (Å²) in [5.41, 5.74) is 7.43. The van der Waals surface area contributed by atoms with Crippen molar-refractivity contribution in [3.63, 3.8) is 0 Å². The van der Waals surface area contributed by atoms with Gasteiger partial charge < -0.3 is 15.0 Å². The second-order valence-electron chi connectivity index (χ2n) is 3.57. The molecule has 2 N–H and O–H groups in total. The monoisotopic (exact) mass is 217 g/mol. The van der Waals surface area contributed by atoms with E-state index in [-0.39, 0.29) is 0 Å². The van der Waals surface area contributed by atoms with Crippen molar-refractivity contribution < 1.29 is 4.74 Å². The Balaban J connectivity index is 2.53. The third kappa shape index (κ3) is 1.79. The lowest BCUT2D eigenvalue weighted by atomic mass is 10.2. The quantitative estimate of drug-likeness (QED) is 0.848. The Kier molecular flexibility index (Phi) is 2.92. The van der Waals surface area contributed by atoms with Crippen molar-refractivity contribution in [3.05, 3.63) is 36.2 Å². The van der Waals surface area contributed by atoms with Crippen LogP contribution in [0.2, 0.25) is 0 Å². The molecule has 1 aromatic carbocycles. The summed E-state index contributed by atoms with van der Waals surface area (Å²) in [4.78, 5) is 4.47. The van der Waals surface area contributed by atoms with E-state index in [2.05, 4.69) is 4.98 Å². The number of ether oxygens (including phenoxy) is 1. The van der Waals surface area contributed by atoms with Crippen LogP contribution in [0.4, 0.5) is 0 Å². The first kappa shape index (κ1) is 10.7. The second-order valence-corrected chi connectivity index (χ2v) is 3.57. The van der Waals surface area contributed by atoms with Crippen molar-refractivity contribution in [2.45, 2.75) is 6.54 Å². The maximum absolute atomic E-state index is 5.57. The van der Waals surface area contributed by atoms with Crippen LogP contribution in [0.5, 0.6) is 5.75 Å². The number of rotatable bonds is 3. The van der Waals surface area contributed by atoms with Gasteiger partial charge in [-0.1, -0.05) is 12.1 Å². The van der Waals surface area contributed by atoms with Crippen LogP contribution in [0.3, 0.4) is 0 Å². The zero-order valence-corrected chi connectivity index (χ0v) is 9.47. The molecule has 1 heterocycles. The van der Waals surface area contributed by atoms with E-state index in [0.29, 0.717) is 6.54 Å². The summed E-state index contributed by atoms with van der Waals surface area (Å²) in [6, 6.07) is 7.82. The maximum Gasteiger partial charge on any atom is 0.143 e.